The Labute approximate surface area is 200 Å². The lowest BCUT2D eigenvalue weighted by molar-refractivity contribution is -0.141. The van der Waals surface area contributed by atoms with Gasteiger partial charge in [0.1, 0.15) is 12.6 Å². The number of carbonyl (C=O) groups is 3. The minimum absolute atomic E-state index is 0.0197. The smallest absolute Gasteiger partial charge is 0.407 e. The Balaban J connectivity index is 1.38. The molecule has 3 N–H and O–H groups in total. The molecule has 7 nitrogen and oxygen atoms in total. The van der Waals surface area contributed by atoms with Crippen LogP contribution in [0.1, 0.15) is 49.7 Å². The molecule has 2 amide bonds. The van der Waals surface area contributed by atoms with E-state index in [1.807, 2.05) is 31.2 Å². The van der Waals surface area contributed by atoms with Crippen LogP contribution in [0.25, 0.3) is 11.1 Å². The molecule has 0 fully saturated rings. The zero-order chi connectivity index (χ0) is 24.5. The fourth-order valence-corrected chi connectivity index (χ4v) is 4.25. The summed E-state index contributed by atoms with van der Waals surface area (Å²) in [7, 11) is 0. The molecule has 180 valence electrons. The summed E-state index contributed by atoms with van der Waals surface area (Å²) in [4.78, 5) is 35.4. The molecule has 0 saturated carbocycles. The highest BCUT2D eigenvalue weighted by atomic mass is 16.5. The van der Waals surface area contributed by atoms with Gasteiger partial charge in [-0.2, -0.15) is 0 Å². The summed E-state index contributed by atoms with van der Waals surface area (Å²) in [6.07, 6.45) is 2.70. The Kier molecular flexibility index (Phi) is 8.85. The number of fused-ring (bicyclic) bond motifs is 3. The van der Waals surface area contributed by atoms with Crippen LogP contribution >= 0.6 is 0 Å². The third-order valence-corrected chi connectivity index (χ3v) is 6.15. The average Bonchev–Trinajstić information content (AvgIpc) is 3.15. The molecule has 3 rings (SSSR count). The molecule has 0 spiro atoms. The normalized spacial score (nSPS) is 13.8. The van der Waals surface area contributed by atoms with E-state index in [1.165, 1.54) is 28.3 Å². The number of carbonyl (C=O) groups excluding carboxylic acids is 2. The number of aliphatic carboxylic acids is 1. The number of nitrogens with one attached hydrogen (secondary N) is 2. The molecule has 7 heteroatoms. The maximum Gasteiger partial charge on any atom is 0.407 e. The van der Waals surface area contributed by atoms with Crippen molar-refractivity contribution in [3.63, 3.8) is 0 Å². The van der Waals surface area contributed by atoms with Gasteiger partial charge in [0.2, 0.25) is 5.91 Å². The van der Waals surface area contributed by atoms with E-state index in [0.717, 1.165) is 0 Å². The fraction of sp³-hybridized carbons (Fsp3) is 0.370. The molecule has 1 aliphatic carbocycles. The molecular weight excluding hydrogens is 432 g/mol. The van der Waals surface area contributed by atoms with Crippen molar-refractivity contribution < 1.29 is 24.2 Å². The SMILES string of the molecule is C=CCC(NC(=O)CCC(C)CCNC(=O)OCC1c2ccccc2-c2ccccc21)C(=O)O. The van der Waals surface area contributed by atoms with E-state index in [0.29, 0.717) is 19.4 Å². The van der Waals surface area contributed by atoms with Crippen LogP contribution in [0.4, 0.5) is 4.79 Å². The number of benzene rings is 2. The van der Waals surface area contributed by atoms with E-state index in [9.17, 15) is 14.4 Å². The number of carboxylic acid groups (broad SMARTS) is 1. The van der Waals surface area contributed by atoms with Gasteiger partial charge in [0.25, 0.3) is 0 Å². The van der Waals surface area contributed by atoms with Crippen molar-refractivity contribution in [3.8, 4) is 11.1 Å². The fourth-order valence-electron chi connectivity index (χ4n) is 4.25. The molecule has 0 aliphatic heterocycles. The molecule has 2 atom stereocenters. The van der Waals surface area contributed by atoms with Crippen LogP contribution in [0, 0.1) is 5.92 Å². The lowest BCUT2D eigenvalue weighted by Crippen LogP contribution is -2.40. The van der Waals surface area contributed by atoms with Gasteiger partial charge in [0, 0.05) is 18.9 Å². The number of amides is 2. The minimum Gasteiger partial charge on any atom is -0.480 e. The van der Waals surface area contributed by atoms with Crippen LogP contribution in [0.15, 0.2) is 61.2 Å². The van der Waals surface area contributed by atoms with Gasteiger partial charge in [-0.25, -0.2) is 9.59 Å². The summed E-state index contributed by atoms with van der Waals surface area (Å²) >= 11 is 0. The van der Waals surface area contributed by atoms with Gasteiger partial charge >= 0.3 is 12.1 Å². The second-order valence-corrected chi connectivity index (χ2v) is 8.67. The number of hydrogen-bond acceptors (Lipinski definition) is 4. The number of alkyl carbamates (subject to hydrolysis) is 1. The van der Waals surface area contributed by atoms with Gasteiger partial charge in [-0.15, -0.1) is 6.58 Å². The predicted molar refractivity (Wildman–Crippen MR) is 130 cm³/mol. The molecule has 34 heavy (non-hydrogen) atoms. The summed E-state index contributed by atoms with van der Waals surface area (Å²) in [6.45, 7) is 6.21. The summed E-state index contributed by atoms with van der Waals surface area (Å²) < 4.78 is 5.53. The van der Waals surface area contributed by atoms with E-state index in [2.05, 4.69) is 41.5 Å². The van der Waals surface area contributed by atoms with Crippen molar-refractivity contribution in [1.29, 1.82) is 0 Å². The molecule has 1 aliphatic rings. The Bertz CT molecular complexity index is 990. The van der Waals surface area contributed by atoms with Gasteiger partial charge in [0.05, 0.1) is 0 Å². The van der Waals surface area contributed by atoms with Crippen molar-refractivity contribution in [2.75, 3.05) is 13.2 Å². The monoisotopic (exact) mass is 464 g/mol. The summed E-state index contributed by atoms with van der Waals surface area (Å²) in [5.41, 5.74) is 4.71. The van der Waals surface area contributed by atoms with Crippen LogP contribution in [0.2, 0.25) is 0 Å². The minimum atomic E-state index is -1.08. The molecule has 0 radical (unpaired) electrons. The van der Waals surface area contributed by atoms with Gasteiger partial charge in [-0.3, -0.25) is 4.79 Å². The molecule has 2 aromatic carbocycles. The number of rotatable bonds is 12. The number of hydrogen-bond donors (Lipinski definition) is 3. The van der Waals surface area contributed by atoms with Crippen molar-refractivity contribution in [3.05, 3.63) is 72.3 Å². The second kappa shape index (κ2) is 12.0. The highest BCUT2D eigenvalue weighted by Crippen LogP contribution is 2.44. The van der Waals surface area contributed by atoms with Crippen molar-refractivity contribution in [2.24, 2.45) is 5.92 Å². The first-order chi connectivity index (χ1) is 16.4. The standard InChI is InChI=1S/C27H32N2O5/c1-3-8-24(26(31)32)29-25(30)14-13-18(2)15-16-28-27(33)34-17-23-21-11-6-4-9-19(21)20-10-5-7-12-22(20)23/h3-7,9-12,18,23-24H,1,8,13-17H2,2H3,(H,28,33)(H,29,30)(H,31,32). The number of ether oxygens (including phenoxy) is 1. The highest BCUT2D eigenvalue weighted by Gasteiger charge is 2.29. The van der Waals surface area contributed by atoms with E-state index in [-0.39, 0.29) is 37.2 Å². The lowest BCUT2D eigenvalue weighted by atomic mass is 9.98. The van der Waals surface area contributed by atoms with Crippen LogP contribution in [0.5, 0.6) is 0 Å². The average molecular weight is 465 g/mol. The van der Waals surface area contributed by atoms with E-state index in [1.54, 1.807) is 0 Å². The molecule has 0 heterocycles. The molecule has 2 unspecified atom stereocenters. The maximum atomic E-state index is 12.3. The highest BCUT2D eigenvalue weighted by molar-refractivity contribution is 5.83. The summed E-state index contributed by atoms with van der Waals surface area (Å²) in [5, 5.41) is 14.4. The summed E-state index contributed by atoms with van der Waals surface area (Å²) in [6, 6.07) is 15.4. The summed E-state index contributed by atoms with van der Waals surface area (Å²) in [5.74, 6) is -1.17. The van der Waals surface area contributed by atoms with Crippen molar-refractivity contribution in [2.45, 2.75) is 44.6 Å². The van der Waals surface area contributed by atoms with Crippen molar-refractivity contribution in [1.82, 2.24) is 10.6 Å². The van der Waals surface area contributed by atoms with E-state index >= 15 is 0 Å². The Morgan fingerprint density at radius 1 is 1.06 bits per heavy atom. The Morgan fingerprint density at radius 3 is 2.26 bits per heavy atom. The third kappa shape index (κ3) is 6.47. The van der Waals surface area contributed by atoms with Crippen LogP contribution in [-0.4, -0.2) is 42.3 Å². The molecular formula is C27H32N2O5. The van der Waals surface area contributed by atoms with Gasteiger partial charge in [0.15, 0.2) is 0 Å². The predicted octanol–water partition coefficient (Wildman–Crippen LogP) is 4.48. The first-order valence-corrected chi connectivity index (χ1v) is 11.6. The zero-order valence-electron chi connectivity index (χ0n) is 19.5. The van der Waals surface area contributed by atoms with Gasteiger partial charge < -0.3 is 20.5 Å². The topological polar surface area (TPSA) is 105 Å². The van der Waals surface area contributed by atoms with Gasteiger partial charge in [-0.05, 0) is 47.4 Å². The Hall–Kier alpha value is -3.61. The van der Waals surface area contributed by atoms with E-state index < -0.39 is 18.1 Å². The first-order valence-electron chi connectivity index (χ1n) is 11.6. The largest absolute Gasteiger partial charge is 0.480 e. The number of carboxylic acids is 1. The lowest BCUT2D eigenvalue weighted by Gasteiger charge is -2.16. The van der Waals surface area contributed by atoms with E-state index in [4.69, 9.17) is 9.84 Å². The Morgan fingerprint density at radius 2 is 1.68 bits per heavy atom. The van der Waals surface area contributed by atoms with Crippen LogP contribution < -0.4 is 10.6 Å². The second-order valence-electron chi connectivity index (χ2n) is 8.67. The molecule has 0 bridgehead atoms. The molecule has 0 saturated heterocycles. The maximum absolute atomic E-state index is 12.3. The van der Waals surface area contributed by atoms with Gasteiger partial charge in [-0.1, -0.05) is 61.5 Å². The van der Waals surface area contributed by atoms with Crippen molar-refractivity contribution >= 4 is 18.0 Å². The van der Waals surface area contributed by atoms with Crippen LogP contribution in [0.3, 0.4) is 0 Å². The van der Waals surface area contributed by atoms with Crippen LogP contribution in [-0.2, 0) is 14.3 Å². The molecule has 0 aromatic heterocycles. The third-order valence-electron chi connectivity index (χ3n) is 6.15. The quantitative estimate of drug-likeness (QED) is 0.402. The zero-order valence-corrected chi connectivity index (χ0v) is 19.5. The molecule has 2 aromatic rings. The first kappa shape index (κ1) is 25.0.